The molecule has 1 atom stereocenters. The molecule has 6 nitrogen and oxygen atoms in total. The Labute approximate surface area is 169 Å². The number of hydrogen-bond donors (Lipinski definition) is 1. The van der Waals surface area contributed by atoms with Crippen LogP contribution in [0.15, 0.2) is 53.9 Å². The molecular formula is C19H18F3N5OS. The normalized spacial score (nSPS) is 12.6. The van der Waals surface area contributed by atoms with Gasteiger partial charge in [-0.25, -0.2) is 0 Å². The second kappa shape index (κ2) is 8.64. The summed E-state index contributed by atoms with van der Waals surface area (Å²) in [5.74, 6) is -0.201. The van der Waals surface area contributed by atoms with E-state index in [-0.39, 0.29) is 0 Å². The molecule has 1 aromatic carbocycles. The number of hydrogen-bond acceptors (Lipinski definition) is 5. The van der Waals surface area contributed by atoms with Crippen LogP contribution in [-0.2, 0) is 4.79 Å². The van der Waals surface area contributed by atoms with E-state index in [1.807, 2.05) is 42.6 Å². The first kappa shape index (κ1) is 20.8. The molecule has 10 heteroatoms. The van der Waals surface area contributed by atoms with Crippen LogP contribution >= 0.6 is 11.8 Å². The molecule has 0 saturated carbocycles. The van der Waals surface area contributed by atoms with E-state index in [2.05, 4.69) is 15.2 Å². The highest BCUT2D eigenvalue weighted by molar-refractivity contribution is 8.00. The lowest BCUT2D eigenvalue weighted by Crippen LogP contribution is -2.38. The summed E-state index contributed by atoms with van der Waals surface area (Å²) in [6, 6.07) is 11.2. The molecular weight excluding hydrogens is 403 g/mol. The van der Waals surface area contributed by atoms with Crippen molar-refractivity contribution in [1.82, 2.24) is 25.1 Å². The number of thioether (sulfide) groups is 1. The minimum Gasteiger partial charge on any atom is -0.346 e. The molecule has 152 valence electrons. The van der Waals surface area contributed by atoms with Crippen molar-refractivity contribution in [1.29, 1.82) is 0 Å². The molecule has 0 aliphatic carbocycles. The van der Waals surface area contributed by atoms with E-state index >= 15 is 0 Å². The van der Waals surface area contributed by atoms with Crippen molar-refractivity contribution in [2.45, 2.75) is 30.4 Å². The summed E-state index contributed by atoms with van der Waals surface area (Å²) in [7, 11) is 0. The maximum absolute atomic E-state index is 12.4. The molecule has 1 N–H and O–H groups in total. The number of aryl methyl sites for hydroxylation is 1. The number of pyridine rings is 1. The highest BCUT2D eigenvalue weighted by Crippen LogP contribution is 2.31. The smallest absolute Gasteiger partial charge is 0.346 e. The second-order valence-electron chi connectivity index (χ2n) is 6.26. The van der Waals surface area contributed by atoms with E-state index in [0.29, 0.717) is 11.0 Å². The average Bonchev–Trinajstić information content (AvgIpc) is 3.09. The molecule has 2 heterocycles. The number of benzene rings is 1. The Bertz CT molecular complexity index is 991. The lowest BCUT2D eigenvalue weighted by molar-refractivity contribution is -0.137. The van der Waals surface area contributed by atoms with Gasteiger partial charge in [0, 0.05) is 18.0 Å². The largest absolute Gasteiger partial charge is 0.405 e. The van der Waals surface area contributed by atoms with Crippen LogP contribution in [0.3, 0.4) is 0 Å². The van der Waals surface area contributed by atoms with Crippen LogP contribution in [0.2, 0.25) is 0 Å². The Hall–Kier alpha value is -2.88. The average molecular weight is 421 g/mol. The lowest BCUT2D eigenvalue weighted by atomic mass is 10.2. The number of nitrogens with one attached hydrogen (secondary N) is 1. The predicted molar refractivity (Wildman–Crippen MR) is 104 cm³/mol. The summed E-state index contributed by atoms with van der Waals surface area (Å²) in [5, 5.41) is 9.92. The first-order valence-electron chi connectivity index (χ1n) is 8.69. The molecule has 0 saturated heterocycles. The van der Waals surface area contributed by atoms with Gasteiger partial charge in [-0.05, 0) is 37.6 Å². The number of alkyl halides is 3. The Balaban J connectivity index is 1.94. The molecule has 0 radical (unpaired) electrons. The first-order chi connectivity index (χ1) is 13.8. The predicted octanol–water partition coefficient (Wildman–Crippen LogP) is 3.80. The molecule has 3 rings (SSSR count). The maximum atomic E-state index is 12.4. The van der Waals surface area contributed by atoms with Crippen molar-refractivity contribution in [2.75, 3.05) is 6.54 Å². The van der Waals surface area contributed by atoms with Crippen LogP contribution in [-0.4, -0.2) is 43.6 Å². The molecule has 0 aliphatic heterocycles. The lowest BCUT2D eigenvalue weighted by Gasteiger charge is -2.15. The zero-order chi connectivity index (χ0) is 21.0. The quantitative estimate of drug-likeness (QED) is 0.613. The van der Waals surface area contributed by atoms with Crippen molar-refractivity contribution in [2.24, 2.45) is 0 Å². The molecule has 0 fully saturated rings. The monoisotopic (exact) mass is 421 g/mol. The van der Waals surface area contributed by atoms with Gasteiger partial charge in [0.05, 0.1) is 10.9 Å². The Kier molecular flexibility index (Phi) is 6.21. The number of carbonyl (C=O) groups excluding carboxylic acids is 1. The highest BCUT2D eigenvalue weighted by Gasteiger charge is 2.29. The number of nitrogens with zero attached hydrogens (tertiary/aromatic N) is 4. The van der Waals surface area contributed by atoms with Crippen LogP contribution in [0, 0.1) is 6.92 Å². The topological polar surface area (TPSA) is 72.7 Å². The first-order valence-corrected chi connectivity index (χ1v) is 9.57. The van der Waals surface area contributed by atoms with Gasteiger partial charge in [-0.1, -0.05) is 30.0 Å². The van der Waals surface area contributed by atoms with Crippen molar-refractivity contribution >= 4 is 17.7 Å². The molecule has 0 bridgehead atoms. The van der Waals surface area contributed by atoms with Gasteiger partial charge < -0.3 is 5.32 Å². The van der Waals surface area contributed by atoms with Crippen molar-refractivity contribution in [3.8, 4) is 17.1 Å². The molecule has 3 aromatic rings. The summed E-state index contributed by atoms with van der Waals surface area (Å²) in [6.07, 6.45) is -1.18. The molecule has 2 aromatic heterocycles. The fourth-order valence-electron chi connectivity index (χ4n) is 2.60. The molecule has 29 heavy (non-hydrogen) atoms. The van der Waals surface area contributed by atoms with Gasteiger partial charge in [-0.15, -0.1) is 10.2 Å². The van der Waals surface area contributed by atoms with Gasteiger partial charge in [-0.2, -0.15) is 13.2 Å². The number of halogens is 3. The Morgan fingerprint density at radius 3 is 2.62 bits per heavy atom. The summed E-state index contributed by atoms with van der Waals surface area (Å²) in [6.45, 7) is 2.08. The van der Waals surface area contributed by atoms with Crippen LogP contribution in [0.4, 0.5) is 13.2 Å². The Morgan fingerprint density at radius 2 is 1.97 bits per heavy atom. The molecule has 0 spiro atoms. The summed E-state index contributed by atoms with van der Waals surface area (Å²) in [4.78, 5) is 16.2. The van der Waals surface area contributed by atoms with Crippen molar-refractivity contribution < 1.29 is 18.0 Å². The second-order valence-corrected chi connectivity index (χ2v) is 7.57. The van der Waals surface area contributed by atoms with E-state index in [1.165, 1.54) is 6.92 Å². The number of rotatable bonds is 6. The van der Waals surface area contributed by atoms with Gasteiger partial charge in [0.25, 0.3) is 0 Å². The minimum absolute atomic E-state index is 0.396. The third-order valence-electron chi connectivity index (χ3n) is 4.02. The summed E-state index contributed by atoms with van der Waals surface area (Å²) >= 11 is 1.04. The SMILES string of the molecule is Cc1ccccc1-n1c(SC(C)C(=O)NCC(F)(F)F)nnc1-c1cccnc1. The highest BCUT2D eigenvalue weighted by atomic mass is 32.2. The molecule has 0 aliphatic rings. The fraction of sp³-hybridized carbons (Fsp3) is 0.263. The van der Waals surface area contributed by atoms with E-state index in [1.54, 1.807) is 23.0 Å². The maximum Gasteiger partial charge on any atom is 0.405 e. The number of amides is 1. The van der Waals surface area contributed by atoms with Gasteiger partial charge in [0.1, 0.15) is 6.54 Å². The van der Waals surface area contributed by atoms with E-state index in [4.69, 9.17) is 0 Å². The van der Waals surface area contributed by atoms with Crippen molar-refractivity contribution in [3.05, 3.63) is 54.4 Å². The van der Waals surface area contributed by atoms with Gasteiger partial charge in [0.15, 0.2) is 11.0 Å². The van der Waals surface area contributed by atoms with Crippen LogP contribution in [0.25, 0.3) is 17.1 Å². The molecule has 1 unspecified atom stereocenters. The van der Waals surface area contributed by atoms with Crippen LogP contribution in [0.1, 0.15) is 12.5 Å². The summed E-state index contributed by atoms with van der Waals surface area (Å²) in [5.41, 5.74) is 2.49. The third-order valence-corrected chi connectivity index (χ3v) is 5.07. The molecule has 1 amide bonds. The van der Waals surface area contributed by atoms with Crippen LogP contribution in [0.5, 0.6) is 0 Å². The van der Waals surface area contributed by atoms with Crippen LogP contribution < -0.4 is 5.32 Å². The van der Waals surface area contributed by atoms with E-state index in [0.717, 1.165) is 28.6 Å². The Morgan fingerprint density at radius 1 is 1.21 bits per heavy atom. The van der Waals surface area contributed by atoms with E-state index in [9.17, 15) is 18.0 Å². The zero-order valence-electron chi connectivity index (χ0n) is 15.6. The minimum atomic E-state index is -4.46. The van der Waals surface area contributed by atoms with E-state index < -0.39 is 23.9 Å². The number of carbonyl (C=O) groups is 1. The third kappa shape index (κ3) is 5.14. The number of aromatic nitrogens is 4. The zero-order valence-corrected chi connectivity index (χ0v) is 16.5. The van der Waals surface area contributed by atoms with Gasteiger partial charge in [0.2, 0.25) is 5.91 Å². The fourth-order valence-corrected chi connectivity index (χ4v) is 3.49. The van der Waals surface area contributed by atoms with Crippen molar-refractivity contribution in [3.63, 3.8) is 0 Å². The van der Waals surface area contributed by atoms with Gasteiger partial charge >= 0.3 is 6.18 Å². The standard InChI is InChI=1S/C19H18F3N5OS/c1-12-6-3-4-8-15(12)27-16(14-7-5-9-23-10-14)25-26-18(27)29-13(2)17(28)24-11-19(20,21)22/h3-10,13H,11H2,1-2H3,(H,24,28). The summed E-state index contributed by atoms with van der Waals surface area (Å²) < 4.78 is 38.9. The van der Waals surface area contributed by atoms with Gasteiger partial charge in [-0.3, -0.25) is 14.3 Å². The number of para-hydroxylation sites is 1.